The Bertz CT molecular complexity index is 626. The van der Waals surface area contributed by atoms with E-state index >= 15 is 0 Å². The maximum absolute atomic E-state index is 12.6. The Morgan fingerprint density at radius 3 is 1.02 bits per heavy atom. The van der Waals surface area contributed by atoms with Crippen molar-refractivity contribution in [3.05, 3.63) is 0 Å². The molecule has 0 atom stereocenters. The third-order valence-corrected chi connectivity index (χ3v) is 9.70. The summed E-state index contributed by atoms with van der Waals surface area (Å²) in [7, 11) is 0. The second kappa shape index (κ2) is 38.6. The molecule has 0 heterocycles. The summed E-state index contributed by atoms with van der Waals surface area (Å²) >= 11 is 0. The van der Waals surface area contributed by atoms with Crippen LogP contribution in [0.4, 0.5) is 0 Å². The number of nitrogens with one attached hydrogen (secondary N) is 2. The van der Waals surface area contributed by atoms with Crippen LogP contribution in [0.15, 0.2) is 0 Å². The van der Waals surface area contributed by atoms with Crippen molar-refractivity contribution in [3.8, 4) is 0 Å². The number of aliphatic hydroxyl groups excluding tert-OH is 1. The third-order valence-electron chi connectivity index (χ3n) is 9.70. The predicted octanol–water partition coefficient (Wildman–Crippen LogP) is 9.41. The van der Waals surface area contributed by atoms with Crippen molar-refractivity contribution in [1.29, 1.82) is 0 Å². The van der Waals surface area contributed by atoms with Gasteiger partial charge in [-0.3, -0.25) is 14.5 Å². The first-order valence-electron chi connectivity index (χ1n) is 21.2. The summed E-state index contributed by atoms with van der Waals surface area (Å²) in [6.45, 7) is 13.0. The van der Waals surface area contributed by atoms with E-state index in [1.165, 1.54) is 141 Å². The van der Waals surface area contributed by atoms with Gasteiger partial charge in [-0.15, -0.1) is 0 Å². The second-order valence-corrected chi connectivity index (χ2v) is 14.4. The molecular weight excluding hydrogens is 596 g/mol. The van der Waals surface area contributed by atoms with Crippen molar-refractivity contribution >= 4 is 11.8 Å². The standard InChI is InChI=1S/C41H84N4O3/c1-4-7-9-11-13-15-17-19-21-23-25-27-31-42-40(47)29-34-45(37-36-44(33-6-3)38-39-46)35-30-41(48)43-32-28-26-24-22-20-18-16-14-12-10-8-5-2/h46H,4-39H2,1-3H3,(H,42,47)(H,43,48). The summed E-state index contributed by atoms with van der Waals surface area (Å²) in [5.41, 5.74) is 0. The summed E-state index contributed by atoms with van der Waals surface area (Å²) in [5, 5.41) is 15.7. The molecule has 286 valence electrons. The topological polar surface area (TPSA) is 84.9 Å². The molecule has 3 N–H and O–H groups in total. The third kappa shape index (κ3) is 34.7. The highest BCUT2D eigenvalue weighted by molar-refractivity contribution is 5.76. The van der Waals surface area contributed by atoms with Crippen molar-refractivity contribution in [3.63, 3.8) is 0 Å². The number of carbonyl (C=O) groups excluding carboxylic acids is 2. The molecule has 0 bridgehead atoms. The van der Waals surface area contributed by atoms with Crippen LogP contribution in [0.2, 0.25) is 0 Å². The van der Waals surface area contributed by atoms with Gasteiger partial charge in [-0.25, -0.2) is 0 Å². The Balaban J connectivity index is 4.14. The Kier molecular flexibility index (Phi) is 37.7. The number of aliphatic hydroxyl groups is 1. The number of unbranched alkanes of at least 4 members (excludes halogenated alkanes) is 22. The van der Waals surface area contributed by atoms with E-state index < -0.39 is 0 Å². The molecule has 0 spiro atoms. The van der Waals surface area contributed by atoms with Crippen LogP contribution in [0, 0.1) is 0 Å². The van der Waals surface area contributed by atoms with Crippen LogP contribution in [0.1, 0.15) is 194 Å². The zero-order valence-corrected chi connectivity index (χ0v) is 32.6. The number of amides is 2. The minimum absolute atomic E-state index is 0.111. The van der Waals surface area contributed by atoms with Crippen molar-refractivity contribution < 1.29 is 14.7 Å². The highest BCUT2D eigenvalue weighted by Crippen LogP contribution is 2.13. The van der Waals surface area contributed by atoms with E-state index in [0.717, 1.165) is 52.0 Å². The van der Waals surface area contributed by atoms with Gasteiger partial charge in [0.25, 0.3) is 0 Å². The zero-order valence-electron chi connectivity index (χ0n) is 32.6. The van der Waals surface area contributed by atoms with Crippen LogP contribution in [0.25, 0.3) is 0 Å². The minimum atomic E-state index is 0.111. The van der Waals surface area contributed by atoms with Crippen molar-refractivity contribution in [2.75, 3.05) is 59.0 Å². The first kappa shape index (κ1) is 46.8. The average Bonchev–Trinajstić information content (AvgIpc) is 3.08. The van der Waals surface area contributed by atoms with E-state index in [9.17, 15) is 14.7 Å². The molecule has 0 rings (SSSR count). The molecule has 2 amide bonds. The smallest absolute Gasteiger partial charge is 0.221 e. The number of nitrogens with zero attached hydrogens (tertiary/aromatic N) is 2. The molecule has 7 nitrogen and oxygen atoms in total. The van der Waals surface area contributed by atoms with Gasteiger partial charge >= 0.3 is 0 Å². The lowest BCUT2D eigenvalue weighted by atomic mass is 10.1. The quantitative estimate of drug-likeness (QED) is 0.0564. The molecule has 0 aliphatic heterocycles. The van der Waals surface area contributed by atoms with Gasteiger partial charge in [0.15, 0.2) is 0 Å². The van der Waals surface area contributed by atoms with Gasteiger partial charge in [0.2, 0.25) is 11.8 Å². The van der Waals surface area contributed by atoms with Gasteiger partial charge in [-0.2, -0.15) is 0 Å². The van der Waals surface area contributed by atoms with Crippen molar-refractivity contribution in [1.82, 2.24) is 20.4 Å². The molecule has 0 aliphatic carbocycles. The summed E-state index contributed by atoms with van der Waals surface area (Å²) in [6.07, 6.45) is 33.7. The first-order chi connectivity index (χ1) is 23.6. The van der Waals surface area contributed by atoms with Gasteiger partial charge in [0.05, 0.1) is 6.61 Å². The van der Waals surface area contributed by atoms with E-state index in [-0.39, 0.29) is 18.4 Å². The van der Waals surface area contributed by atoms with Crippen molar-refractivity contribution in [2.45, 2.75) is 194 Å². The first-order valence-corrected chi connectivity index (χ1v) is 21.2. The summed E-state index contributed by atoms with van der Waals surface area (Å²) in [6, 6.07) is 0. The van der Waals surface area contributed by atoms with Crippen LogP contribution in [-0.4, -0.2) is 85.7 Å². The molecule has 48 heavy (non-hydrogen) atoms. The number of rotatable bonds is 39. The molecule has 0 aromatic rings. The molecule has 0 aliphatic rings. The molecule has 7 heteroatoms. The normalized spacial score (nSPS) is 11.5. The highest BCUT2D eigenvalue weighted by Gasteiger charge is 2.13. The van der Waals surface area contributed by atoms with E-state index in [1.807, 2.05) is 0 Å². The second-order valence-electron chi connectivity index (χ2n) is 14.4. The minimum Gasteiger partial charge on any atom is -0.395 e. The van der Waals surface area contributed by atoms with Gasteiger partial charge in [-0.05, 0) is 25.8 Å². The Labute approximate surface area is 299 Å². The van der Waals surface area contributed by atoms with Crippen molar-refractivity contribution in [2.24, 2.45) is 0 Å². The summed E-state index contributed by atoms with van der Waals surface area (Å²) in [4.78, 5) is 29.8. The lowest BCUT2D eigenvalue weighted by Crippen LogP contribution is -2.40. The molecule has 0 aromatic carbocycles. The predicted molar refractivity (Wildman–Crippen MR) is 208 cm³/mol. The lowest BCUT2D eigenvalue weighted by molar-refractivity contribution is -0.121. The number of hydrogen-bond donors (Lipinski definition) is 3. The number of hydrogen-bond acceptors (Lipinski definition) is 5. The van der Waals surface area contributed by atoms with E-state index in [1.54, 1.807) is 0 Å². The Hall–Kier alpha value is -1.18. The zero-order chi connectivity index (χ0) is 35.2. The van der Waals surface area contributed by atoms with E-state index in [4.69, 9.17) is 0 Å². The van der Waals surface area contributed by atoms with Crippen LogP contribution < -0.4 is 10.6 Å². The maximum atomic E-state index is 12.6. The molecule has 0 fully saturated rings. The summed E-state index contributed by atoms with van der Waals surface area (Å²) in [5.74, 6) is 0.223. The van der Waals surface area contributed by atoms with E-state index in [0.29, 0.717) is 32.5 Å². The van der Waals surface area contributed by atoms with Crippen LogP contribution in [0.5, 0.6) is 0 Å². The molecular formula is C41H84N4O3. The highest BCUT2D eigenvalue weighted by atomic mass is 16.3. The Morgan fingerprint density at radius 2 is 0.708 bits per heavy atom. The SMILES string of the molecule is CCCCCCCCCCCCCCNC(=O)CCN(CCC(=O)NCCCCCCCCCCCCCC)CCN(CCC)CCO. The largest absolute Gasteiger partial charge is 0.395 e. The summed E-state index contributed by atoms with van der Waals surface area (Å²) < 4.78 is 0. The maximum Gasteiger partial charge on any atom is 0.221 e. The molecule has 0 unspecified atom stereocenters. The van der Waals surface area contributed by atoms with Gasteiger partial charge < -0.3 is 20.6 Å². The van der Waals surface area contributed by atoms with Gasteiger partial charge in [0, 0.05) is 58.7 Å². The fourth-order valence-corrected chi connectivity index (χ4v) is 6.50. The number of carbonyl (C=O) groups is 2. The van der Waals surface area contributed by atoms with Crippen LogP contribution >= 0.6 is 0 Å². The van der Waals surface area contributed by atoms with Crippen LogP contribution in [-0.2, 0) is 9.59 Å². The fourth-order valence-electron chi connectivity index (χ4n) is 6.50. The molecule has 0 radical (unpaired) electrons. The fraction of sp³-hybridized carbons (Fsp3) is 0.951. The van der Waals surface area contributed by atoms with Crippen LogP contribution in [0.3, 0.4) is 0 Å². The molecule has 0 saturated heterocycles. The lowest BCUT2D eigenvalue weighted by Gasteiger charge is -2.27. The van der Waals surface area contributed by atoms with E-state index in [2.05, 4.69) is 41.2 Å². The molecule has 0 aromatic heterocycles. The van der Waals surface area contributed by atoms with Gasteiger partial charge in [0.1, 0.15) is 0 Å². The Morgan fingerprint density at radius 1 is 0.396 bits per heavy atom. The average molecular weight is 681 g/mol. The molecule has 0 saturated carbocycles. The van der Waals surface area contributed by atoms with Gasteiger partial charge in [-0.1, -0.05) is 162 Å². The monoisotopic (exact) mass is 681 g/mol.